The topological polar surface area (TPSA) is 79.8 Å². The summed E-state index contributed by atoms with van der Waals surface area (Å²) in [6, 6.07) is 7.20. The van der Waals surface area contributed by atoms with E-state index < -0.39 is 0 Å². The first-order chi connectivity index (χ1) is 14.7. The van der Waals surface area contributed by atoms with Crippen LogP contribution in [0.4, 0.5) is 5.69 Å². The van der Waals surface area contributed by atoms with Crippen LogP contribution in [-0.2, 0) is 9.59 Å². The quantitative estimate of drug-likeness (QED) is 0.570. The molecule has 1 aromatic carbocycles. The maximum atomic E-state index is 12.1. The Morgan fingerprint density at radius 3 is 1.93 bits per heavy atom. The van der Waals surface area contributed by atoms with Crippen molar-refractivity contribution in [2.24, 2.45) is 5.10 Å². The van der Waals surface area contributed by atoms with Gasteiger partial charge in [0.25, 0.3) is 0 Å². The maximum absolute atomic E-state index is 12.1. The van der Waals surface area contributed by atoms with Gasteiger partial charge in [0.05, 0.1) is 6.61 Å². The highest BCUT2D eigenvalue weighted by Gasteiger charge is 2.08. The molecule has 1 aliphatic carbocycles. The van der Waals surface area contributed by atoms with Crippen LogP contribution in [0.1, 0.15) is 90.4 Å². The Balaban J connectivity index is 1.71. The zero-order valence-electron chi connectivity index (χ0n) is 18.4. The Morgan fingerprint density at radius 2 is 1.37 bits per heavy atom. The lowest BCUT2D eigenvalue weighted by molar-refractivity contribution is -0.124. The first-order valence-corrected chi connectivity index (χ1v) is 11.5. The van der Waals surface area contributed by atoms with E-state index >= 15 is 0 Å². The Bertz CT molecular complexity index is 657. The molecule has 6 nitrogen and oxygen atoms in total. The Hall–Kier alpha value is -2.37. The standard InChI is InChI=1S/C24H37N3O3/c1-2-30-22-16-14-20(15-17-22)25-23(28)18-19-24(29)27-26-21-12-10-8-6-4-3-5-7-9-11-13-21/h14-17H,2-13,18-19H2,1H3,(H,25,28)(H,27,29). The number of amides is 2. The summed E-state index contributed by atoms with van der Waals surface area (Å²) in [6.07, 6.45) is 13.5. The second-order valence-electron chi connectivity index (χ2n) is 7.90. The van der Waals surface area contributed by atoms with Gasteiger partial charge in [-0.1, -0.05) is 44.9 Å². The molecule has 0 aliphatic heterocycles. The third kappa shape index (κ3) is 10.4. The molecule has 2 rings (SSSR count). The van der Waals surface area contributed by atoms with E-state index in [1.54, 1.807) is 12.1 Å². The Morgan fingerprint density at radius 1 is 0.833 bits per heavy atom. The van der Waals surface area contributed by atoms with E-state index in [0.29, 0.717) is 12.3 Å². The molecule has 1 aromatic rings. The number of nitrogens with zero attached hydrogens (tertiary/aromatic N) is 1. The first kappa shape index (κ1) is 23.9. The molecule has 2 amide bonds. The van der Waals surface area contributed by atoms with Crippen molar-refractivity contribution < 1.29 is 14.3 Å². The van der Waals surface area contributed by atoms with Crippen molar-refractivity contribution in [3.63, 3.8) is 0 Å². The van der Waals surface area contributed by atoms with Crippen molar-refractivity contribution in [1.82, 2.24) is 5.43 Å². The number of ether oxygens (including phenoxy) is 1. The van der Waals surface area contributed by atoms with Crippen LogP contribution in [0.3, 0.4) is 0 Å². The van der Waals surface area contributed by atoms with E-state index in [0.717, 1.165) is 37.1 Å². The van der Waals surface area contributed by atoms with E-state index in [1.165, 1.54) is 44.9 Å². The number of hydrazone groups is 1. The summed E-state index contributed by atoms with van der Waals surface area (Å²) < 4.78 is 5.38. The first-order valence-electron chi connectivity index (χ1n) is 11.5. The second-order valence-corrected chi connectivity index (χ2v) is 7.90. The summed E-state index contributed by atoms with van der Waals surface area (Å²) >= 11 is 0. The van der Waals surface area contributed by atoms with Crippen LogP contribution in [0.5, 0.6) is 5.75 Å². The number of hydrogen-bond donors (Lipinski definition) is 2. The van der Waals surface area contributed by atoms with Crippen LogP contribution in [0.25, 0.3) is 0 Å². The molecular weight excluding hydrogens is 378 g/mol. The summed E-state index contributed by atoms with van der Waals surface area (Å²) in [5.41, 5.74) is 4.44. The maximum Gasteiger partial charge on any atom is 0.240 e. The van der Waals surface area contributed by atoms with Gasteiger partial charge in [-0.05, 0) is 56.9 Å². The summed E-state index contributed by atoms with van der Waals surface area (Å²) in [7, 11) is 0. The molecule has 0 unspecified atom stereocenters. The molecule has 1 saturated carbocycles. The van der Waals surface area contributed by atoms with Crippen LogP contribution in [0, 0.1) is 0 Å². The molecule has 2 N–H and O–H groups in total. The van der Waals surface area contributed by atoms with E-state index in [2.05, 4.69) is 15.8 Å². The molecule has 0 bridgehead atoms. The molecule has 0 spiro atoms. The molecule has 0 atom stereocenters. The average molecular weight is 416 g/mol. The van der Waals surface area contributed by atoms with Crippen molar-refractivity contribution >= 4 is 23.2 Å². The minimum Gasteiger partial charge on any atom is -0.494 e. The second kappa shape index (κ2) is 14.6. The lowest BCUT2D eigenvalue weighted by atomic mass is 10.00. The molecule has 0 aromatic heterocycles. The van der Waals surface area contributed by atoms with Crippen molar-refractivity contribution in [2.45, 2.75) is 90.4 Å². The number of carbonyl (C=O) groups is 2. The van der Waals surface area contributed by atoms with Gasteiger partial charge in [0, 0.05) is 24.2 Å². The average Bonchev–Trinajstić information content (AvgIpc) is 2.73. The lowest BCUT2D eigenvalue weighted by Crippen LogP contribution is -2.22. The zero-order chi connectivity index (χ0) is 21.4. The fourth-order valence-corrected chi connectivity index (χ4v) is 3.58. The number of carbonyl (C=O) groups excluding carboxylic acids is 2. The SMILES string of the molecule is CCOc1ccc(NC(=O)CCC(=O)NN=C2CCCCCCCCCCC2)cc1. The van der Waals surface area contributed by atoms with Crippen molar-refractivity contribution in [1.29, 1.82) is 0 Å². The number of benzene rings is 1. The molecule has 6 heteroatoms. The number of anilines is 1. The van der Waals surface area contributed by atoms with E-state index in [9.17, 15) is 9.59 Å². The highest BCUT2D eigenvalue weighted by molar-refractivity contribution is 5.93. The normalized spacial score (nSPS) is 16.0. The van der Waals surface area contributed by atoms with Gasteiger partial charge in [-0.3, -0.25) is 9.59 Å². The predicted molar refractivity (Wildman–Crippen MR) is 122 cm³/mol. The van der Waals surface area contributed by atoms with Gasteiger partial charge < -0.3 is 10.1 Å². The number of hydrogen-bond acceptors (Lipinski definition) is 4. The highest BCUT2D eigenvalue weighted by Crippen LogP contribution is 2.17. The lowest BCUT2D eigenvalue weighted by Gasteiger charge is -2.10. The highest BCUT2D eigenvalue weighted by atomic mass is 16.5. The fourth-order valence-electron chi connectivity index (χ4n) is 3.58. The third-order valence-electron chi connectivity index (χ3n) is 5.30. The molecule has 166 valence electrons. The van der Waals surface area contributed by atoms with Crippen molar-refractivity contribution in [2.75, 3.05) is 11.9 Å². The molecular formula is C24H37N3O3. The molecule has 1 aliphatic rings. The van der Waals surface area contributed by atoms with Gasteiger partial charge in [0.2, 0.25) is 11.8 Å². The van der Waals surface area contributed by atoms with Crippen LogP contribution in [-0.4, -0.2) is 24.1 Å². The zero-order valence-corrected chi connectivity index (χ0v) is 18.4. The summed E-state index contributed by atoms with van der Waals surface area (Å²) in [4.78, 5) is 24.2. The Labute approximate surface area is 180 Å². The molecule has 30 heavy (non-hydrogen) atoms. The van der Waals surface area contributed by atoms with E-state index in [1.807, 2.05) is 19.1 Å². The van der Waals surface area contributed by atoms with Crippen molar-refractivity contribution in [3.8, 4) is 5.75 Å². The van der Waals surface area contributed by atoms with Crippen LogP contribution >= 0.6 is 0 Å². The summed E-state index contributed by atoms with van der Waals surface area (Å²) in [6.45, 7) is 2.53. The minimum atomic E-state index is -0.213. The van der Waals surface area contributed by atoms with Gasteiger partial charge in [-0.25, -0.2) is 5.43 Å². The van der Waals surface area contributed by atoms with Gasteiger partial charge in [-0.2, -0.15) is 5.10 Å². The number of nitrogens with one attached hydrogen (secondary N) is 2. The van der Waals surface area contributed by atoms with Gasteiger partial charge >= 0.3 is 0 Å². The monoisotopic (exact) mass is 415 g/mol. The summed E-state index contributed by atoms with van der Waals surface area (Å²) in [5.74, 6) is 0.365. The fraction of sp³-hybridized carbons (Fsp3) is 0.625. The summed E-state index contributed by atoms with van der Waals surface area (Å²) in [5, 5.41) is 7.17. The molecule has 0 radical (unpaired) electrons. The predicted octanol–water partition coefficient (Wildman–Crippen LogP) is 5.58. The molecule has 0 saturated heterocycles. The van der Waals surface area contributed by atoms with Crippen LogP contribution < -0.4 is 15.5 Å². The van der Waals surface area contributed by atoms with E-state index in [4.69, 9.17) is 4.74 Å². The minimum absolute atomic E-state index is 0.125. The molecule has 1 fully saturated rings. The van der Waals surface area contributed by atoms with Crippen LogP contribution in [0.2, 0.25) is 0 Å². The number of rotatable bonds is 7. The van der Waals surface area contributed by atoms with Crippen LogP contribution in [0.15, 0.2) is 29.4 Å². The third-order valence-corrected chi connectivity index (χ3v) is 5.30. The van der Waals surface area contributed by atoms with Gasteiger partial charge in [-0.15, -0.1) is 0 Å². The smallest absolute Gasteiger partial charge is 0.240 e. The van der Waals surface area contributed by atoms with Crippen molar-refractivity contribution in [3.05, 3.63) is 24.3 Å². The van der Waals surface area contributed by atoms with Gasteiger partial charge in [0.15, 0.2) is 0 Å². The van der Waals surface area contributed by atoms with Gasteiger partial charge in [0.1, 0.15) is 5.75 Å². The Kier molecular flexibility index (Phi) is 11.6. The largest absolute Gasteiger partial charge is 0.494 e. The van der Waals surface area contributed by atoms with E-state index in [-0.39, 0.29) is 24.7 Å². The molecule has 0 heterocycles.